The third-order valence-electron chi connectivity index (χ3n) is 6.05. The number of fused-ring (bicyclic) bond motifs is 1. The van der Waals surface area contributed by atoms with Crippen LogP contribution in [0.5, 0.6) is 0 Å². The van der Waals surface area contributed by atoms with E-state index >= 15 is 0 Å². The van der Waals surface area contributed by atoms with E-state index in [-0.39, 0.29) is 22.2 Å². The molecule has 2 aliphatic carbocycles. The van der Waals surface area contributed by atoms with Gasteiger partial charge in [-0.2, -0.15) is 0 Å². The molecule has 2 atom stereocenters. The van der Waals surface area contributed by atoms with Crippen LogP contribution in [-0.2, 0) is 21.0 Å². The number of carboxylic acid groups (broad SMARTS) is 1. The summed E-state index contributed by atoms with van der Waals surface area (Å²) in [6.45, 7) is 11.4. The van der Waals surface area contributed by atoms with Gasteiger partial charge in [-0.15, -0.1) is 0 Å². The number of aliphatic carboxylic acids is 1. The number of hydrogen-bond acceptors (Lipinski definition) is 1. The van der Waals surface area contributed by atoms with Crippen LogP contribution in [0, 0.1) is 5.92 Å². The molecule has 21 heavy (non-hydrogen) atoms. The molecule has 1 aromatic rings. The van der Waals surface area contributed by atoms with Gasteiger partial charge in [0.25, 0.3) is 0 Å². The van der Waals surface area contributed by atoms with Gasteiger partial charge in [-0.3, -0.25) is 4.79 Å². The molecular formula is C19H26O2. The van der Waals surface area contributed by atoms with Crippen LogP contribution in [0.3, 0.4) is 0 Å². The minimum Gasteiger partial charge on any atom is -0.481 e. The first-order valence-corrected chi connectivity index (χ1v) is 7.96. The summed E-state index contributed by atoms with van der Waals surface area (Å²) in [5.41, 5.74) is 4.32. The number of carbonyl (C=O) groups is 1. The lowest BCUT2D eigenvalue weighted by Crippen LogP contribution is -2.34. The van der Waals surface area contributed by atoms with Crippen molar-refractivity contribution in [2.24, 2.45) is 5.92 Å². The first-order chi connectivity index (χ1) is 9.58. The van der Waals surface area contributed by atoms with E-state index in [4.69, 9.17) is 0 Å². The van der Waals surface area contributed by atoms with Crippen molar-refractivity contribution in [2.45, 2.75) is 70.1 Å². The van der Waals surface area contributed by atoms with Gasteiger partial charge in [-0.05, 0) is 46.8 Å². The molecule has 1 fully saturated rings. The van der Waals surface area contributed by atoms with Crippen molar-refractivity contribution < 1.29 is 9.90 Å². The first kappa shape index (κ1) is 14.6. The average Bonchev–Trinajstić information content (AvgIpc) is 3.09. The second kappa shape index (κ2) is 4.12. The van der Waals surface area contributed by atoms with Gasteiger partial charge in [-0.1, -0.05) is 52.8 Å². The second-order valence-corrected chi connectivity index (χ2v) is 8.54. The summed E-state index contributed by atoms with van der Waals surface area (Å²) in [4.78, 5) is 11.3. The molecular weight excluding hydrogens is 260 g/mol. The number of rotatable bonds is 2. The van der Waals surface area contributed by atoms with Crippen LogP contribution in [0.1, 0.15) is 70.6 Å². The van der Waals surface area contributed by atoms with Crippen LogP contribution >= 0.6 is 0 Å². The van der Waals surface area contributed by atoms with Gasteiger partial charge in [0.05, 0.1) is 5.92 Å². The molecule has 2 nitrogen and oxygen atoms in total. The van der Waals surface area contributed by atoms with Crippen molar-refractivity contribution in [3.05, 3.63) is 34.9 Å². The summed E-state index contributed by atoms with van der Waals surface area (Å²) in [7, 11) is 0. The SMILES string of the molecule is CC1(C)CCC(C)(C)c2cc([C@@]3(C)C[C@H]3C(=O)O)ccc21. The quantitative estimate of drug-likeness (QED) is 0.875. The maximum atomic E-state index is 11.3. The van der Waals surface area contributed by atoms with E-state index in [1.807, 2.05) is 0 Å². The zero-order valence-electron chi connectivity index (χ0n) is 13.8. The molecule has 0 heterocycles. The Kier molecular flexibility index (Phi) is 2.87. The van der Waals surface area contributed by atoms with Gasteiger partial charge in [0, 0.05) is 5.41 Å². The van der Waals surface area contributed by atoms with Crippen LogP contribution in [0.4, 0.5) is 0 Å². The molecule has 0 spiro atoms. The molecule has 0 saturated heterocycles. The maximum Gasteiger partial charge on any atom is 0.307 e. The first-order valence-electron chi connectivity index (χ1n) is 7.96. The molecule has 0 radical (unpaired) electrons. The molecule has 0 aromatic heterocycles. The van der Waals surface area contributed by atoms with Crippen LogP contribution in [0.25, 0.3) is 0 Å². The molecule has 2 aliphatic rings. The van der Waals surface area contributed by atoms with Gasteiger partial charge in [0.1, 0.15) is 0 Å². The third kappa shape index (κ3) is 2.11. The highest BCUT2D eigenvalue weighted by atomic mass is 16.4. The predicted octanol–water partition coefficient (Wildman–Crippen LogP) is 4.40. The van der Waals surface area contributed by atoms with E-state index in [0.29, 0.717) is 0 Å². The monoisotopic (exact) mass is 286 g/mol. The highest BCUT2D eigenvalue weighted by Crippen LogP contribution is 2.56. The molecule has 0 amide bonds. The average molecular weight is 286 g/mol. The number of hydrogen-bond donors (Lipinski definition) is 1. The van der Waals surface area contributed by atoms with Crippen molar-refractivity contribution >= 4 is 5.97 Å². The minimum absolute atomic E-state index is 0.168. The lowest BCUT2D eigenvalue weighted by molar-refractivity contribution is -0.138. The van der Waals surface area contributed by atoms with E-state index in [2.05, 4.69) is 52.8 Å². The van der Waals surface area contributed by atoms with Crippen molar-refractivity contribution in [2.75, 3.05) is 0 Å². The molecule has 0 bridgehead atoms. The normalized spacial score (nSPS) is 32.3. The van der Waals surface area contributed by atoms with Crippen molar-refractivity contribution in [3.8, 4) is 0 Å². The summed E-state index contributed by atoms with van der Waals surface area (Å²) in [5, 5.41) is 9.27. The maximum absolute atomic E-state index is 11.3. The molecule has 1 N–H and O–H groups in total. The summed E-state index contributed by atoms with van der Waals surface area (Å²) in [6, 6.07) is 6.73. The van der Waals surface area contributed by atoms with Gasteiger partial charge in [0.2, 0.25) is 0 Å². The van der Waals surface area contributed by atoms with Gasteiger partial charge in [-0.25, -0.2) is 0 Å². The molecule has 3 rings (SSSR count). The third-order valence-corrected chi connectivity index (χ3v) is 6.05. The summed E-state index contributed by atoms with van der Waals surface area (Å²) < 4.78 is 0. The molecule has 0 aliphatic heterocycles. The van der Waals surface area contributed by atoms with E-state index in [1.165, 1.54) is 29.5 Å². The predicted molar refractivity (Wildman–Crippen MR) is 84.8 cm³/mol. The number of carboxylic acids is 1. The molecule has 2 heteroatoms. The van der Waals surface area contributed by atoms with Gasteiger partial charge in [0.15, 0.2) is 0 Å². The molecule has 114 valence electrons. The summed E-state index contributed by atoms with van der Waals surface area (Å²) in [6.07, 6.45) is 3.17. The Hall–Kier alpha value is -1.31. The number of benzene rings is 1. The Morgan fingerprint density at radius 3 is 2.14 bits per heavy atom. The highest BCUT2D eigenvalue weighted by Gasteiger charge is 2.56. The molecule has 1 aromatic carbocycles. The minimum atomic E-state index is -0.658. The van der Waals surface area contributed by atoms with Gasteiger partial charge >= 0.3 is 5.97 Å². The van der Waals surface area contributed by atoms with Crippen molar-refractivity contribution in [1.82, 2.24) is 0 Å². The van der Waals surface area contributed by atoms with Crippen LogP contribution in [0.2, 0.25) is 0 Å². The van der Waals surface area contributed by atoms with Crippen molar-refractivity contribution in [1.29, 1.82) is 0 Å². The Labute approximate surface area is 127 Å². The van der Waals surface area contributed by atoms with Gasteiger partial charge < -0.3 is 5.11 Å². The summed E-state index contributed by atoms with van der Waals surface area (Å²) >= 11 is 0. The zero-order valence-corrected chi connectivity index (χ0v) is 13.8. The second-order valence-electron chi connectivity index (χ2n) is 8.54. The molecule has 0 unspecified atom stereocenters. The largest absolute Gasteiger partial charge is 0.481 e. The Morgan fingerprint density at radius 1 is 1.05 bits per heavy atom. The van der Waals surface area contributed by atoms with Crippen molar-refractivity contribution in [3.63, 3.8) is 0 Å². The highest BCUT2D eigenvalue weighted by molar-refractivity contribution is 5.77. The van der Waals surface area contributed by atoms with Crippen LogP contribution in [-0.4, -0.2) is 11.1 Å². The fourth-order valence-corrected chi connectivity index (χ4v) is 3.99. The Balaban J connectivity index is 2.08. The fourth-order valence-electron chi connectivity index (χ4n) is 3.99. The topological polar surface area (TPSA) is 37.3 Å². The zero-order chi connectivity index (χ0) is 15.6. The smallest absolute Gasteiger partial charge is 0.307 e. The van der Waals surface area contributed by atoms with E-state index in [9.17, 15) is 9.90 Å². The Morgan fingerprint density at radius 2 is 1.62 bits per heavy atom. The van der Waals surface area contributed by atoms with E-state index in [1.54, 1.807) is 0 Å². The van der Waals surface area contributed by atoms with E-state index < -0.39 is 5.97 Å². The molecule has 1 saturated carbocycles. The van der Waals surface area contributed by atoms with Crippen LogP contribution in [0.15, 0.2) is 18.2 Å². The lowest BCUT2D eigenvalue weighted by atomic mass is 9.62. The lowest BCUT2D eigenvalue weighted by Gasteiger charge is -2.42. The van der Waals surface area contributed by atoms with E-state index in [0.717, 1.165) is 6.42 Å². The summed E-state index contributed by atoms with van der Waals surface area (Å²) in [5.74, 6) is -0.870. The Bertz CT molecular complexity index is 612. The standard InChI is InChI=1S/C19H26O2/c1-17(2)8-9-18(3,4)14-10-12(6-7-13(14)17)19(5)11-15(19)16(20)21/h6-7,10,15H,8-9,11H2,1-5H3,(H,20,21)/t15-,19+/m0/s1. The fraction of sp³-hybridized carbons (Fsp3) is 0.632. The van der Waals surface area contributed by atoms with Crippen LogP contribution < -0.4 is 0 Å².